The normalized spacial score (nSPS) is 23.7. The molecule has 1 aliphatic rings. The van der Waals surface area contributed by atoms with Crippen molar-refractivity contribution in [2.75, 3.05) is 6.54 Å². The van der Waals surface area contributed by atoms with Crippen LogP contribution in [0.1, 0.15) is 42.0 Å². The molecule has 3 N–H and O–H groups in total. The van der Waals surface area contributed by atoms with Crippen molar-refractivity contribution < 1.29 is 19.0 Å². The van der Waals surface area contributed by atoms with Gasteiger partial charge in [-0.05, 0) is 36.5 Å². The number of halogens is 2. The Labute approximate surface area is 111 Å². The van der Waals surface area contributed by atoms with Crippen LogP contribution in [0, 0.1) is 6.92 Å². The van der Waals surface area contributed by atoms with Gasteiger partial charge in [0.2, 0.25) is 0 Å². The molecule has 3 nitrogen and oxygen atoms in total. The van der Waals surface area contributed by atoms with Crippen molar-refractivity contribution in [1.82, 2.24) is 5.32 Å². The van der Waals surface area contributed by atoms with E-state index in [0.717, 1.165) is 23.1 Å². The highest BCUT2D eigenvalue weighted by Gasteiger charge is 2.32. The van der Waals surface area contributed by atoms with E-state index in [-0.39, 0.29) is 24.3 Å². The molecule has 3 unspecified atom stereocenters. The molecule has 0 spiro atoms. The van der Waals surface area contributed by atoms with Gasteiger partial charge < -0.3 is 15.5 Å². The van der Waals surface area contributed by atoms with Crippen molar-refractivity contribution >= 4 is 0 Å². The van der Waals surface area contributed by atoms with E-state index in [1.165, 1.54) is 0 Å². The van der Waals surface area contributed by atoms with Crippen LogP contribution in [-0.4, -0.2) is 29.3 Å². The first-order valence-corrected chi connectivity index (χ1v) is 6.43. The lowest BCUT2D eigenvalue weighted by Crippen LogP contribution is -2.33. The summed E-state index contributed by atoms with van der Waals surface area (Å²) < 4.78 is 24.6. The molecule has 0 saturated heterocycles. The highest BCUT2D eigenvalue weighted by Crippen LogP contribution is 2.45. The second-order valence-electron chi connectivity index (χ2n) is 5.23. The Kier molecular flexibility index (Phi) is 4.06. The number of hydrogen-bond acceptors (Lipinski definition) is 3. The first-order valence-electron chi connectivity index (χ1n) is 6.43. The summed E-state index contributed by atoms with van der Waals surface area (Å²) in [6.07, 6.45) is -3.69. The summed E-state index contributed by atoms with van der Waals surface area (Å²) in [6, 6.07) is 3.31. The van der Waals surface area contributed by atoms with Crippen molar-refractivity contribution in [3.05, 3.63) is 28.8 Å². The van der Waals surface area contributed by atoms with Crippen molar-refractivity contribution in [3.63, 3.8) is 0 Å². The third kappa shape index (κ3) is 2.72. The molecule has 0 bridgehead atoms. The zero-order valence-electron chi connectivity index (χ0n) is 11.0. The van der Waals surface area contributed by atoms with Crippen LogP contribution in [0.15, 0.2) is 12.1 Å². The average Bonchev–Trinajstić information content (AvgIpc) is 2.69. The van der Waals surface area contributed by atoms with Crippen LogP contribution in [0.5, 0.6) is 5.75 Å². The van der Waals surface area contributed by atoms with E-state index in [9.17, 15) is 13.9 Å². The first kappa shape index (κ1) is 14.2. The summed E-state index contributed by atoms with van der Waals surface area (Å²) in [5.74, 6) is 0.456. The van der Waals surface area contributed by atoms with Gasteiger partial charge in [-0.1, -0.05) is 13.0 Å². The predicted octanol–water partition coefficient (Wildman–Crippen LogP) is 2.46. The number of hydrogen-bond donors (Lipinski definition) is 3. The molecule has 0 saturated carbocycles. The highest BCUT2D eigenvalue weighted by atomic mass is 19.3. The maximum atomic E-state index is 12.3. The predicted molar refractivity (Wildman–Crippen MR) is 68.6 cm³/mol. The van der Waals surface area contributed by atoms with Crippen LogP contribution in [-0.2, 0) is 0 Å². The summed E-state index contributed by atoms with van der Waals surface area (Å²) in [7, 11) is 0. The van der Waals surface area contributed by atoms with Crippen LogP contribution >= 0.6 is 0 Å². The van der Waals surface area contributed by atoms with Crippen LogP contribution in [0.2, 0.25) is 0 Å². The summed E-state index contributed by atoms with van der Waals surface area (Å²) in [5.41, 5.74) is 2.97. The fourth-order valence-corrected chi connectivity index (χ4v) is 2.88. The Morgan fingerprint density at radius 2 is 2.05 bits per heavy atom. The summed E-state index contributed by atoms with van der Waals surface area (Å²) in [6.45, 7) is 3.85. The van der Waals surface area contributed by atoms with Gasteiger partial charge in [0.1, 0.15) is 11.9 Å². The monoisotopic (exact) mass is 271 g/mol. The number of fused-ring (bicyclic) bond motifs is 1. The number of aliphatic hydroxyl groups excluding tert-OH is 1. The number of phenolic OH excluding ortho intramolecular Hbond substituents is 1. The van der Waals surface area contributed by atoms with E-state index in [1.54, 1.807) is 6.07 Å². The van der Waals surface area contributed by atoms with Crippen molar-refractivity contribution in [1.29, 1.82) is 0 Å². The van der Waals surface area contributed by atoms with Gasteiger partial charge in [0, 0.05) is 18.2 Å². The van der Waals surface area contributed by atoms with Crippen molar-refractivity contribution in [2.45, 2.75) is 44.8 Å². The lowest BCUT2D eigenvalue weighted by molar-refractivity contribution is -0.00470. The van der Waals surface area contributed by atoms with E-state index in [0.29, 0.717) is 0 Å². The van der Waals surface area contributed by atoms with Gasteiger partial charge in [0.05, 0.1) is 0 Å². The van der Waals surface area contributed by atoms with Crippen LogP contribution in [0.4, 0.5) is 8.78 Å². The van der Waals surface area contributed by atoms with E-state index < -0.39 is 12.5 Å². The average molecular weight is 271 g/mol. The number of aromatic hydroxyl groups is 1. The van der Waals surface area contributed by atoms with Gasteiger partial charge in [0.15, 0.2) is 0 Å². The molecule has 2 rings (SSSR count). The molecule has 0 heterocycles. The minimum Gasteiger partial charge on any atom is -0.508 e. The number of aliphatic hydroxyl groups is 1. The number of aryl methyl sites for hydroxylation is 1. The van der Waals surface area contributed by atoms with Gasteiger partial charge in [-0.15, -0.1) is 0 Å². The Balaban J connectivity index is 2.18. The highest BCUT2D eigenvalue weighted by molar-refractivity contribution is 5.50. The van der Waals surface area contributed by atoms with Gasteiger partial charge >= 0.3 is 0 Å². The lowest BCUT2D eigenvalue weighted by atomic mass is 9.97. The molecule has 0 radical (unpaired) electrons. The molecule has 0 aromatic heterocycles. The zero-order valence-corrected chi connectivity index (χ0v) is 11.0. The minimum absolute atomic E-state index is 0.179. The van der Waals surface area contributed by atoms with E-state index in [4.69, 9.17) is 5.11 Å². The third-order valence-electron chi connectivity index (χ3n) is 3.78. The number of alkyl halides is 2. The summed E-state index contributed by atoms with van der Waals surface area (Å²) >= 11 is 0. The zero-order chi connectivity index (χ0) is 14.2. The Hall–Kier alpha value is -1.20. The molecule has 0 aliphatic heterocycles. The van der Waals surface area contributed by atoms with Gasteiger partial charge in [0.25, 0.3) is 6.43 Å². The molecular weight excluding hydrogens is 252 g/mol. The SMILES string of the molecule is Cc1ccc(O)c2c1C(C)CC2NCC(O)C(F)F. The van der Waals surface area contributed by atoms with Crippen LogP contribution in [0.3, 0.4) is 0 Å². The number of phenols is 1. The topological polar surface area (TPSA) is 52.5 Å². The fourth-order valence-electron chi connectivity index (χ4n) is 2.88. The minimum atomic E-state index is -2.75. The molecule has 0 fully saturated rings. The van der Waals surface area contributed by atoms with E-state index in [1.807, 2.05) is 13.0 Å². The quantitative estimate of drug-likeness (QED) is 0.788. The Morgan fingerprint density at radius 3 is 2.68 bits per heavy atom. The molecule has 1 aromatic rings. The molecular formula is C14H19F2NO2. The van der Waals surface area contributed by atoms with E-state index >= 15 is 0 Å². The fraction of sp³-hybridized carbons (Fsp3) is 0.571. The van der Waals surface area contributed by atoms with Gasteiger partial charge in [-0.25, -0.2) is 8.78 Å². The molecule has 3 atom stereocenters. The summed E-state index contributed by atoms with van der Waals surface area (Å²) in [4.78, 5) is 0. The third-order valence-corrected chi connectivity index (χ3v) is 3.78. The largest absolute Gasteiger partial charge is 0.508 e. The smallest absolute Gasteiger partial charge is 0.265 e. The van der Waals surface area contributed by atoms with Gasteiger partial charge in [-0.3, -0.25) is 0 Å². The standard InChI is InChI=1S/C14H19F2NO2/c1-7-3-4-10(18)13-9(5-8(2)12(7)13)17-6-11(19)14(15)16/h3-4,8-9,11,14,17-19H,5-6H2,1-2H3. The maximum absolute atomic E-state index is 12.3. The molecule has 106 valence electrons. The molecule has 5 heteroatoms. The number of benzene rings is 1. The van der Waals surface area contributed by atoms with Crippen LogP contribution in [0.25, 0.3) is 0 Å². The Bertz CT molecular complexity index is 465. The second-order valence-corrected chi connectivity index (χ2v) is 5.23. The molecule has 0 amide bonds. The number of nitrogens with one attached hydrogen (secondary N) is 1. The second kappa shape index (κ2) is 5.43. The van der Waals surface area contributed by atoms with E-state index in [2.05, 4.69) is 12.2 Å². The molecule has 1 aliphatic carbocycles. The van der Waals surface area contributed by atoms with Crippen molar-refractivity contribution in [3.8, 4) is 5.75 Å². The Morgan fingerprint density at radius 1 is 1.37 bits per heavy atom. The summed E-state index contributed by atoms with van der Waals surface area (Å²) in [5, 5.41) is 22.0. The molecule has 19 heavy (non-hydrogen) atoms. The maximum Gasteiger partial charge on any atom is 0.265 e. The first-order chi connectivity index (χ1) is 8.91. The lowest BCUT2D eigenvalue weighted by Gasteiger charge is -2.18. The van der Waals surface area contributed by atoms with Crippen LogP contribution < -0.4 is 5.32 Å². The molecule has 1 aromatic carbocycles. The van der Waals surface area contributed by atoms with Crippen molar-refractivity contribution in [2.24, 2.45) is 0 Å². The number of rotatable bonds is 4. The van der Waals surface area contributed by atoms with Gasteiger partial charge in [-0.2, -0.15) is 0 Å².